The highest BCUT2D eigenvalue weighted by atomic mass is 16.5. The molecule has 1 aliphatic heterocycles. The average Bonchev–Trinajstić information content (AvgIpc) is 3.41. The number of amides is 1. The van der Waals surface area contributed by atoms with Gasteiger partial charge in [0, 0.05) is 37.9 Å². The van der Waals surface area contributed by atoms with E-state index in [1.165, 1.54) is 5.56 Å². The number of rotatable bonds is 8. The van der Waals surface area contributed by atoms with Crippen LogP contribution in [-0.2, 0) is 6.54 Å². The fourth-order valence-electron chi connectivity index (χ4n) is 3.47. The molecule has 0 bridgehead atoms. The van der Waals surface area contributed by atoms with E-state index in [9.17, 15) is 4.79 Å². The minimum atomic E-state index is -0.0159. The van der Waals surface area contributed by atoms with Gasteiger partial charge in [0.1, 0.15) is 11.6 Å². The Labute approximate surface area is 166 Å². The fraction of sp³-hybridized carbons (Fsp3) is 0.455. The van der Waals surface area contributed by atoms with Crippen molar-refractivity contribution >= 4 is 11.7 Å². The van der Waals surface area contributed by atoms with Crippen LogP contribution >= 0.6 is 0 Å². The van der Waals surface area contributed by atoms with Gasteiger partial charge in [-0.1, -0.05) is 12.1 Å². The Hall–Kier alpha value is -2.60. The molecule has 2 N–H and O–H groups in total. The first-order valence-electron chi connectivity index (χ1n) is 10.2. The fourth-order valence-corrected chi connectivity index (χ4v) is 3.47. The van der Waals surface area contributed by atoms with Crippen LogP contribution in [0.1, 0.15) is 42.1 Å². The lowest BCUT2D eigenvalue weighted by Crippen LogP contribution is -2.32. The number of carbonyl (C=O) groups is 1. The van der Waals surface area contributed by atoms with Crippen LogP contribution in [0.3, 0.4) is 0 Å². The molecule has 1 saturated heterocycles. The zero-order chi connectivity index (χ0) is 19.3. The third-order valence-electron chi connectivity index (χ3n) is 5.26. The largest absolute Gasteiger partial charge is 0.494 e. The number of nitrogens with zero attached hydrogens (tertiary/aromatic N) is 2. The molecule has 1 saturated carbocycles. The Bertz CT molecular complexity index is 787. The third-order valence-corrected chi connectivity index (χ3v) is 5.26. The van der Waals surface area contributed by atoms with Gasteiger partial charge in [-0.05, 0) is 56.0 Å². The monoisotopic (exact) mass is 380 g/mol. The van der Waals surface area contributed by atoms with Crippen molar-refractivity contribution in [2.24, 2.45) is 0 Å². The van der Waals surface area contributed by atoms with E-state index in [4.69, 9.17) is 4.74 Å². The molecule has 28 heavy (non-hydrogen) atoms. The van der Waals surface area contributed by atoms with Crippen LogP contribution in [0.2, 0.25) is 0 Å². The number of nitrogens with one attached hydrogen (secondary N) is 2. The standard InChI is InChI=1S/C22H28N4O2/c1-2-28-20-8-3-16(4-9-20)13-23-19-11-12-26(15-19)21-10-5-17(14-24-21)22(27)25-18-6-7-18/h3-5,8-10,14,18-19,23H,2,6-7,11-13,15H2,1H3,(H,25,27). The Morgan fingerprint density at radius 3 is 2.64 bits per heavy atom. The molecule has 0 spiro atoms. The zero-order valence-corrected chi connectivity index (χ0v) is 16.4. The van der Waals surface area contributed by atoms with Crippen molar-refractivity contribution < 1.29 is 9.53 Å². The first-order valence-corrected chi connectivity index (χ1v) is 10.2. The molecule has 1 aromatic heterocycles. The predicted octanol–water partition coefficient (Wildman–Crippen LogP) is 2.74. The smallest absolute Gasteiger partial charge is 0.253 e. The summed E-state index contributed by atoms with van der Waals surface area (Å²) in [5.41, 5.74) is 1.89. The van der Waals surface area contributed by atoms with E-state index in [1.807, 2.05) is 31.2 Å². The third kappa shape index (κ3) is 4.81. The topological polar surface area (TPSA) is 66.5 Å². The minimum absolute atomic E-state index is 0.0159. The molecule has 1 atom stereocenters. The maximum atomic E-state index is 12.1. The van der Waals surface area contributed by atoms with Gasteiger partial charge in [0.2, 0.25) is 0 Å². The SMILES string of the molecule is CCOc1ccc(CNC2CCN(c3ccc(C(=O)NC4CC4)cn3)C2)cc1. The molecule has 1 aromatic carbocycles. The molecule has 2 heterocycles. The highest BCUT2D eigenvalue weighted by Gasteiger charge is 2.25. The van der Waals surface area contributed by atoms with Crippen molar-refractivity contribution in [3.05, 3.63) is 53.7 Å². The molecule has 0 radical (unpaired) electrons. The summed E-state index contributed by atoms with van der Waals surface area (Å²) in [7, 11) is 0. The van der Waals surface area contributed by atoms with E-state index in [2.05, 4.69) is 32.7 Å². The Morgan fingerprint density at radius 1 is 1.14 bits per heavy atom. The van der Waals surface area contributed by atoms with Crippen molar-refractivity contribution in [3.63, 3.8) is 0 Å². The van der Waals surface area contributed by atoms with Crippen LogP contribution in [-0.4, -0.2) is 42.7 Å². The van der Waals surface area contributed by atoms with Gasteiger partial charge in [0.15, 0.2) is 0 Å². The quantitative estimate of drug-likeness (QED) is 0.737. The zero-order valence-electron chi connectivity index (χ0n) is 16.4. The van der Waals surface area contributed by atoms with Crippen LogP contribution in [0, 0.1) is 0 Å². The second-order valence-corrected chi connectivity index (χ2v) is 7.54. The van der Waals surface area contributed by atoms with Crippen LogP contribution in [0.4, 0.5) is 5.82 Å². The molecule has 6 heteroatoms. The lowest BCUT2D eigenvalue weighted by Gasteiger charge is -2.18. The summed E-state index contributed by atoms with van der Waals surface area (Å²) in [5, 5.41) is 6.63. The summed E-state index contributed by atoms with van der Waals surface area (Å²) < 4.78 is 5.49. The molecular formula is C22H28N4O2. The maximum Gasteiger partial charge on any atom is 0.253 e. The van der Waals surface area contributed by atoms with Crippen molar-refractivity contribution in [2.45, 2.75) is 44.8 Å². The molecule has 2 fully saturated rings. The number of aromatic nitrogens is 1. The van der Waals surface area contributed by atoms with E-state index < -0.39 is 0 Å². The van der Waals surface area contributed by atoms with Gasteiger partial charge in [-0.3, -0.25) is 4.79 Å². The van der Waals surface area contributed by atoms with Crippen LogP contribution in [0.15, 0.2) is 42.6 Å². The highest BCUT2D eigenvalue weighted by molar-refractivity contribution is 5.94. The van der Waals surface area contributed by atoms with Gasteiger partial charge in [0.05, 0.1) is 12.2 Å². The van der Waals surface area contributed by atoms with Gasteiger partial charge in [-0.15, -0.1) is 0 Å². The van der Waals surface area contributed by atoms with Gasteiger partial charge in [0.25, 0.3) is 5.91 Å². The number of ether oxygens (including phenoxy) is 1. The Morgan fingerprint density at radius 2 is 1.96 bits per heavy atom. The number of carbonyl (C=O) groups excluding carboxylic acids is 1. The Kier molecular flexibility index (Phi) is 5.76. The normalized spacial score (nSPS) is 18.9. The summed E-state index contributed by atoms with van der Waals surface area (Å²) >= 11 is 0. The minimum Gasteiger partial charge on any atom is -0.494 e. The molecule has 2 aromatic rings. The predicted molar refractivity (Wildman–Crippen MR) is 110 cm³/mol. The lowest BCUT2D eigenvalue weighted by atomic mass is 10.2. The summed E-state index contributed by atoms with van der Waals surface area (Å²) in [5.74, 6) is 1.84. The van der Waals surface area contributed by atoms with Gasteiger partial charge < -0.3 is 20.3 Å². The number of pyridine rings is 1. The molecule has 1 amide bonds. The molecular weight excluding hydrogens is 352 g/mol. The molecule has 2 aliphatic rings. The van der Waals surface area contributed by atoms with Crippen LogP contribution in [0.5, 0.6) is 5.75 Å². The number of hydrogen-bond acceptors (Lipinski definition) is 5. The second-order valence-electron chi connectivity index (χ2n) is 7.54. The first-order chi connectivity index (χ1) is 13.7. The summed E-state index contributed by atoms with van der Waals surface area (Å²) in [6.07, 6.45) is 4.96. The Balaban J connectivity index is 1.26. The second kappa shape index (κ2) is 8.61. The van der Waals surface area contributed by atoms with E-state index in [1.54, 1.807) is 6.20 Å². The summed E-state index contributed by atoms with van der Waals surface area (Å²) in [6.45, 7) is 5.43. The van der Waals surface area contributed by atoms with Gasteiger partial charge in [-0.25, -0.2) is 4.98 Å². The summed E-state index contributed by atoms with van der Waals surface area (Å²) in [4.78, 5) is 18.9. The van der Waals surface area contributed by atoms with E-state index in [0.717, 1.165) is 50.5 Å². The van der Waals surface area contributed by atoms with Gasteiger partial charge >= 0.3 is 0 Å². The molecule has 148 valence electrons. The van der Waals surface area contributed by atoms with Crippen molar-refractivity contribution in [1.29, 1.82) is 0 Å². The van der Waals surface area contributed by atoms with Crippen molar-refractivity contribution in [1.82, 2.24) is 15.6 Å². The first kappa shape index (κ1) is 18.7. The molecule has 1 aliphatic carbocycles. The lowest BCUT2D eigenvalue weighted by molar-refractivity contribution is 0.0950. The number of benzene rings is 1. The molecule has 4 rings (SSSR count). The van der Waals surface area contributed by atoms with Gasteiger partial charge in [-0.2, -0.15) is 0 Å². The number of hydrogen-bond donors (Lipinski definition) is 2. The molecule has 1 unspecified atom stereocenters. The maximum absolute atomic E-state index is 12.1. The summed E-state index contributed by atoms with van der Waals surface area (Å²) in [6, 6.07) is 12.9. The van der Waals surface area contributed by atoms with E-state index in [-0.39, 0.29) is 5.91 Å². The van der Waals surface area contributed by atoms with E-state index >= 15 is 0 Å². The number of anilines is 1. The van der Waals surface area contributed by atoms with E-state index in [0.29, 0.717) is 24.3 Å². The molecule has 6 nitrogen and oxygen atoms in total. The van der Waals surface area contributed by atoms with Crippen molar-refractivity contribution in [3.8, 4) is 5.75 Å². The highest BCUT2D eigenvalue weighted by Crippen LogP contribution is 2.21. The van der Waals surface area contributed by atoms with Crippen molar-refractivity contribution in [2.75, 3.05) is 24.6 Å². The average molecular weight is 380 g/mol. The van der Waals surface area contributed by atoms with Crippen LogP contribution < -0.4 is 20.3 Å². The van der Waals surface area contributed by atoms with Crippen LogP contribution in [0.25, 0.3) is 0 Å².